The first-order valence-corrected chi connectivity index (χ1v) is 13.3. The lowest BCUT2D eigenvalue weighted by Gasteiger charge is -2.57. The number of fused-ring (bicyclic) bond motifs is 5. The van der Waals surface area contributed by atoms with Gasteiger partial charge in [0.25, 0.3) is 0 Å². The molecule has 1 N–H and O–H groups in total. The van der Waals surface area contributed by atoms with E-state index in [4.69, 9.17) is 0 Å². The molecule has 1 heteroatoms. The summed E-state index contributed by atoms with van der Waals surface area (Å²) in [6.45, 7) is 14.9. The Bertz CT molecular complexity index is 686. The Kier molecular flexibility index (Phi) is 6.35. The number of aliphatic hydroxyl groups excluding tert-OH is 1. The summed E-state index contributed by atoms with van der Waals surface area (Å²) in [6, 6.07) is 0. The van der Waals surface area contributed by atoms with E-state index in [1.165, 1.54) is 51.4 Å². The lowest BCUT2D eigenvalue weighted by molar-refractivity contribution is -0.0341. The molecule has 1 nitrogen and oxygen atoms in total. The summed E-state index contributed by atoms with van der Waals surface area (Å²) in [7, 11) is 0. The Morgan fingerprint density at radius 1 is 1.00 bits per heavy atom. The molecule has 0 aromatic carbocycles. The van der Waals surface area contributed by atoms with Gasteiger partial charge in [0, 0.05) is 0 Å². The van der Waals surface area contributed by atoms with Crippen LogP contribution in [-0.2, 0) is 0 Å². The van der Waals surface area contributed by atoms with Gasteiger partial charge in [-0.2, -0.15) is 0 Å². The van der Waals surface area contributed by atoms with Crippen molar-refractivity contribution in [3.63, 3.8) is 0 Å². The van der Waals surface area contributed by atoms with Gasteiger partial charge in [0.2, 0.25) is 0 Å². The molecule has 0 aromatic heterocycles. The van der Waals surface area contributed by atoms with Crippen LogP contribution in [0.3, 0.4) is 0 Å². The van der Waals surface area contributed by atoms with Crippen molar-refractivity contribution in [1.29, 1.82) is 0 Å². The molecular formula is C29H48O. The first-order chi connectivity index (χ1) is 14.2. The average molecular weight is 413 g/mol. The van der Waals surface area contributed by atoms with Crippen LogP contribution < -0.4 is 0 Å². The summed E-state index contributed by atoms with van der Waals surface area (Å²) in [5, 5.41) is 10.3. The largest absolute Gasteiger partial charge is 0.393 e. The van der Waals surface area contributed by atoms with Crippen LogP contribution in [-0.4, -0.2) is 11.2 Å². The highest BCUT2D eigenvalue weighted by atomic mass is 16.3. The third-order valence-electron chi connectivity index (χ3n) is 10.7. The van der Waals surface area contributed by atoms with Crippen LogP contribution >= 0.6 is 0 Å². The van der Waals surface area contributed by atoms with Gasteiger partial charge < -0.3 is 5.11 Å². The third kappa shape index (κ3) is 3.66. The fraction of sp³-hybridized carbons (Fsp3) is 0.862. The van der Waals surface area contributed by atoms with E-state index in [2.05, 4.69) is 53.7 Å². The van der Waals surface area contributed by atoms with Crippen LogP contribution in [0.1, 0.15) is 106 Å². The summed E-state index contributed by atoms with van der Waals surface area (Å²) in [6.07, 6.45) is 17.9. The van der Waals surface area contributed by atoms with Crippen molar-refractivity contribution in [3.8, 4) is 0 Å². The third-order valence-corrected chi connectivity index (χ3v) is 10.7. The lowest BCUT2D eigenvalue weighted by atomic mass is 9.47. The van der Waals surface area contributed by atoms with Crippen LogP contribution in [0.15, 0.2) is 23.3 Å². The van der Waals surface area contributed by atoms with Gasteiger partial charge in [-0.1, -0.05) is 71.3 Å². The van der Waals surface area contributed by atoms with Crippen LogP contribution in [0.2, 0.25) is 0 Å². The van der Waals surface area contributed by atoms with Gasteiger partial charge in [0.05, 0.1) is 6.10 Å². The maximum Gasteiger partial charge on any atom is 0.0543 e. The number of aliphatic hydroxyl groups is 1. The van der Waals surface area contributed by atoms with E-state index in [9.17, 15) is 5.11 Å². The molecule has 0 spiro atoms. The summed E-state index contributed by atoms with van der Waals surface area (Å²) in [4.78, 5) is 0. The predicted molar refractivity (Wildman–Crippen MR) is 128 cm³/mol. The fourth-order valence-electron chi connectivity index (χ4n) is 8.50. The second-order valence-corrected chi connectivity index (χ2v) is 12.4. The molecule has 0 aliphatic heterocycles. The van der Waals surface area contributed by atoms with Crippen LogP contribution in [0, 0.1) is 46.3 Å². The maximum absolute atomic E-state index is 10.3. The lowest BCUT2D eigenvalue weighted by Crippen LogP contribution is -2.49. The predicted octanol–water partition coefficient (Wildman–Crippen LogP) is 7.94. The van der Waals surface area contributed by atoms with Crippen molar-refractivity contribution >= 4 is 0 Å². The number of hydrogen-bond donors (Lipinski definition) is 1. The SMILES string of the molecule is CC[C@H](CC[C@@H](C)C1=CC[C@H]2C3=CCC4CC(O)CC[C@]4(C)[C@H]3CC[C@]12C)C(C)C. The van der Waals surface area contributed by atoms with E-state index in [1.54, 1.807) is 5.57 Å². The van der Waals surface area contributed by atoms with E-state index >= 15 is 0 Å². The molecule has 0 heterocycles. The molecule has 30 heavy (non-hydrogen) atoms. The van der Waals surface area contributed by atoms with Gasteiger partial charge in [0.15, 0.2) is 0 Å². The molecule has 0 aromatic rings. The summed E-state index contributed by atoms with van der Waals surface area (Å²) >= 11 is 0. The van der Waals surface area contributed by atoms with Crippen molar-refractivity contribution in [2.24, 2.45) is 46.3 Å². The van der Waals surface area contributed by atoms with Crippen LogP contribution in [0.4, 0.5) is 0 Å². The summed E-state index contributed by atoms with van der Waals surface area (Å²) in [5.74, 6) is 4.67. The Labute approximate surface area is 186 Å². The Hall–Kier alpha value is -0.560. The first kappa shape index (κ1) is 22.6. The van der Waals surface area contributed by atoms with Gasteiger partial charge >= 0.3 is 0 Å². The molecule has 0 saturated heterocycles. The van der Waals surface area contributed by atoms with Gasteiger partial charge in [-0.3, -0.25) is 0 Å². The van der Waals surface area contributed by atoms with Gasteiger partial charge in [-0.05, 0) is 104 Å². The van der Waals surface area contributed by atoms with Crippen molar-refractivity contribution in [1.82, 2.24) is 0 Å². The monoisotopic (exact) mass is 412 g/mol. The minimum atomic E-state index is -0.0507. The molecular weight excluding hydrogens is 364 g/mol. The van der Waals surface area contributed by atoms with Gasteiger partial charge in [-0.15, -0.1) is 0 Å². The minimum absolute atomic E-state index is 0.0507. The molecule has 4 aliphatic rings. The number of allylic oxidation sites excluding steroid dienone is 4. The van der Waals surface area contributed by atoms with E-state index in [-0.39, 0.29) is 6.10 Å². The van der Waals surface area contributed by atoms with Gasteiger partial charge in [0.1, 0.15) is 0 Å². The molecule has 4 rings (SSSR count). The zero-order chi connectivity index (χ0) is 21.7. The molecule has 4 aliphatic carbocycles. The van der Waals surface area contributed by atoms with E-state index in [1.807, 2.05) is 5.57 Å². The standard InChI is InChI=1S/C29H48O/c1-7-21(19(2)3)9-8-20(4)25-12-13-26-24-11-10-22-18-23(30)14-16-28(22,5)27(24)15-17-29(25,26)6/h11-12,19-23,26-27,30H,7-10,13-18H2,1-6H3/t20-,21-,22?,23?,26+,27+,28+,29-/m1/s1. The molecule has 8 atom stereocenters. The Balaban J connectivity index is 1.49. The molecule has 2 fully saturated rings. The fourth-order valence-corrected chi connectivity index (χ4v) is 8.50. The van der Waals surface area contributed by atoms with Crippen LogP contribution in [0.25, 0.3) is 0 Å². The van der Waals surface area contributed by atoms with Crippen molar-refractivity contribution in [2.75, 3.05) is 0 Å². The zero-order valence-electron chi connectivity index (χ0n) is 20.7. The smallest absolute Gasteiger partial charge is 0.0543 e. The second-order valence-electron chi connectivity index (χ2n) is 12.4. The van der Waals surface area contributed by atoms with Crippen molar-refractivity contribution in [2.45, 2.75) is 112 Å². The highest BCUT2D eigenvalue weighted by Gasteiger charge is 2.56. The molecule has 0 radical (unpaired) electrons. The number of hydrogen-bond acceptors (Lipinski definition) is 1. The molecule has 0 bridgehead atoms. The average Bonchev–Trinajstić information content (AvgIpc) is 3.06. The van der Waals surface area contributed by atoms with Crippen molar-refractivity contribution in [3.05, 3.63) is 23.3 Å². The summed E-state index contributed by atoms with van der Waals surface area (Å²) in [5.41, 5.74) is 4.46. The zero-order valence-corrected chi connectivity index (χ0v) is 20.7. The second kappa shape index (κ2) is 8.42. The Morgan fingerprint density at radius 3 is 2.47 bits per heavy atom. The normalized spacial score (nSPS) is 42.7. The molecule has 2 unspecified atom stereocenters. The van der Waals surface area contributed by atoms with Crippen molar-refractivity contribution < 1.29 is 5.11 Å². The minimum Gasteiger partial charge on any atom is -0.393 e. The summed E-state index contributed by atoms with van der Waals surface area (Å²) < 4.78 is 0. The molecule has 0 amide bonds. The van der Waals surface area contributed by atoms with Gasteiger partial charge in [-0.25, -0.2) is 0 Å². The Morgan fingerprint density at radius 2 is 1.77 bits per heavy atom. The topological polar surface area (TPSA) is 20.2 Å². The molecule has 170 valence electrons. The first-order valence-electron chi connectivity index (χ1n) is 13.3. The van der Waals surface area contributed by atoms with E-state index < -0.39 is 0 Å². The van der Waals surface area contributed by atoms with E-state index in [0.29, 0.717) is 16.7 Å². The molecule has 2 saturated carbocycles. The maximum atomic E-state index is 10.3. The highest BCUT2D eigenvalue weighted by molar-refractivity contribution is 5.36. The van der Waals surface area contributed by atoms with E-state index in [0.717, 1.165) is 42.4 Å². The number of rotatable bonds is 6. The quantitative estimate of drug-likeness (QED) is 0.439. The van der Waals surface area contributed by atoms with Crippen LogP contribution in [0.5, 0.6) is 0 Å². The highest BCUT2D eigenvalue weighted by Crippen LogP contribution is 2.65.